The van der Waals surface area contributed by atoms with E-state index in [9.17, 15) is 9.59 Å². The van der Waals surface area contributed by atoms with Crippen molar-refractivity contribution in [3.05, 3.63) is 88.3 Å². The number of hydrogen-bond acceptors (Lipinski definition) is 9. The van der Waals surface area contributed by atoms with Crippen LogP contribution in [0.2, 0.25) is 5.02 Å². The number of pyridine rings is 3. The van der Waals surface area contributed by atoms with Crippen LogP contribution in [0.3, 0.4) is 0 Å². The maximum atomic E-state index is 13.2. The Morgan fingerprint density at radius 2 is 1.96 bits per heavy atom. The van der Waals surface area contributed by atoms with Crippen LogP contribution in [-0.2, 0) is 22.6 Å². The summed E-state index contributed by atoms with van der Waals surface area (Å²) in [5, 5.41) is 9.80. The molecule has 1 aromatic carbocycles. The highest BCUT2D eigenvalue weighted by Crippen LogP contribution is 2.38. The Hall–Kier alpha value is -4.42. The molecule has 0 bridgehead atoms. The van der Waals surface area contributed by atoms with Crippen molar-refractivity contribution in [2.24, 2.45) is 0 Å². The molecule has 2 saturated heterocycles. The number of halogens is 1. The van der Waals surface area contributed by atoms with E-state index in [1.165, 1.54) is 0 Å². The molecule has 3 aromatic heterocycles. The van der Waals surface area contributed by atoms with E-state index in [4.69, 9.17) is 26.1 Å². The van der Waals surface area contributed by atoms with Crippen molar-refractivity contribution in [1.29, 1.82) is 0 Å². The predicted molar refractivity (Wildman–Crippen MR) is 185 cm³/mol. The van der Waals surface area contributed by atoms with Gasteiger partial charge in [0.25, 0.3) is 5.91 Å². The average molecular weight is 670 g/mol. The Labute approximate surface area is 285 Å². The first-order valence-electron chi connectivity index (χ1n) is 16.1. The monoisotopic (exact) mass is 669 g/mol. The van der Waals surface area contributed by atoms with Gasteiger partial charge in [0.05, 0.1) is 29.6 Å². The van der Waals surface area contributed by atoms with Crippen molar-refractivity contribution in [2.75, 3.05) is 39.2 Å². The van der Waals surface area contributed by atoms with Crippen LogP contribution < -0.4 is 20.7 Å². The molecule has 5 heterocycles. The summed E-state index contributed by atoms with van der Waals surface area (Å²) in [7, 11) is 3.34. The van der Waals surface area contributed by atoms with Crippen LogP contribution in [0.1, 0.15) is 46.4 Å². The van der Waals surface area contributed by atoms with Gasteiger partial charge in [0.15, 0.2) is 0 Å². The molecule has 12 heteroatoms. The summed E-state index contributed by atoms with van der Waals surface area (Å²) < 4.78 is 11.1. The van der Waals surface area contributed by atoms with Crippen LogP contribution in [0.25, 0.3) is 22.5 Å². The van der Waals surface area contributed by atoms with E-state index in [-0.39, 0.29) is 24.0 Å². The number of carbonyl (C=O) groups is 2. The van der Waals surface area contributed by atoms with Crippen LogP contribution >= 0.6 is 11.6 Å². The summed E-state index contributed by atoms with van der Waals surface area (Å²) >= 11 is 7.00. The lowest BCUT2D eigenvalue weighted by atomic mass is 10.0. The minimum atomic E-state index is -0.297. The van der Waals surface area contributed by atoms with Crippen LogP contribution in [0.15, 0.2) is 60.9 Å². The van der Waals surface area contributed by atoms with E-state index in [0.717, 1.165) is 54.7 Å². The molecule has 4 aromatic rings. The molecule has 0 aliphatic carbocycles. The Bertz CT molecular complexity index is 1790. The second-order valence-electron chi connectivity index (χ2n) is 12.2. The highest BCUT2D eigenvalue weighted by atomic mass is 35.5. The minimum absolute atomic E-state index is 0.0961. The van der Waals surface area contributed by atoms with E-state index >= 15 is 0 Å². The Kier molecular flexibility index (Phi) is 10.6. The third-order valence-electron chi connectivity index (χ3n) is 8.95. The maximum absolute atomic E-state index is 13.2. The number of aromatic nitrogens is 3. The molecule has 2 amide bonds. The largest absolute Gasteiger partial charge is 0.481 e. The molecule has 0 saturated carbocycles. The molecule has 48 heavy (non-hydrogen) atoms. The fourth-order valence-corrected chi connectivity index (χ4v) is 6.54. The fourth-order valence-electron chi connectivity index (χ4n) is 6.23. The van der Waals surface area contributed by atoms with Gasteiger partial charge in [-0.15, -0.1) is 0 Å². The highest BCUT2D eigenvalue weighted by Gasteiger charge is 2.23. The van der Waals surface area contributed by atoms with Gasteiger partial charge in [-0.1, -0.05) is 35.9 Å². The molecule has 0 radical (unpaired) electrons. The molecular formula is C36H40ClN7O4. The van der Waals surface area contributed by atoms with Crippen molar-refractivity contribution in [1.82, 2.24) is 30.5 Å². The second kappa shape index (κ2) is 15.2. The topological polar surface area (TPSA) is 131 Å². The van der Waals surface area contributed by atoms with Crippen LogP contribution in [0.4, 0.5) is 5.69 Å². The Morgan fingerprint density at radius 3 is 2.69 bits per heavy atom. The van der Waals surface area contributed by atoms with Crippen LogP contribution in [0.5, 0.6) is 5.88 Å². The summed E-state index contributed by atoms with van der Waals surface area (Å²) in [6.07, 6.45) is 6.16. The SMILES string of the molecule is COc1nc(-c2ccnc(-c3cccc(NC(=O)c4ccc(CN5CC[C@@H](OC)C5)cn4)c3C)c2Cl)ccc1CNC[C@H]1CCC(=O)N1. The quantitative estimate of drug-likeness (QED) is 0.190. The van der Waals surface area contributed by atoms with E-state index in [2.05, 4.69) is 30.8 Å². The zero-order valence-corrected chi connectivity index (χ0v) is 28.1. The first-order chi connectivity index (χ1) is 23.3. The first-order valence-corrected chi connectivity index (χ1v) is 16.5. The molecule has 2 fully saturated rings. The molecule has 250 valence electrons. The van der Waals surface area contributed by atoms with Gasteiger partial charge in [-0.25, -0.2) is 4.98 Å². The number of ether oxygens (including phenoxy) is 2. The second-order valence-corrected chi connectivity index (χ2v) is 12.6. The minimum Gasteiger partial charge on any atom is -0.481 e. The van der Waals surface area contributed by atoms with Crippen molar-refractivity contribution in [2.45, 2.75) is 51.4 Å². The van der Waals surface area contributed by atoms with Crippen LogP contribution in [-0.4, -0.2) is 77.7 Å². The Morgan fingerprint density at radius 1 is 1.08 bits per heavy atom. The molecular weight excluding hydrogens is 630 g/mol. The highest BCUT2D eigenvalue weighted by molar-refractivity contribution is 6.35. The predicted octanol–water partition coefficient (Wildman–Crippen LogP) is 5.02. The van der Waals surface area contributed by atoms with Crippen molar-refractivity contribution in [3.8, 4) is 28.4 Å². The van der Waals surface area contributed by atoms with E-state index in [0.29, 0.717) is 58.7 Å². The zero-order valence-electron chi connectivity index (χ0n) is 27.4. The number of amides is 2. The van der Waals surface area contributed by atoms with Gasteiger partial charge >= 0.3 is 0 Å². The number of likely N-dealkylation sites (tertiary alicyclic amines) is 1. The maximum Gasteiger partial charge on any atom is 0.274 e. The summed E-state index contributed by atoms with van der Waals surface area (Å²) in [6, 6.07) is 15.2. The lowest BCUT2D eigenvalue weighted by molar-refractivity contribution is -0.119. The summed E-state index contributed by atoms with van der Waals surface area (Å²) in [5.74, 6) is 0.288. The van der Waals surface area contributed by atoms with Gasteiger partial charge in [0.1, 0.15) is 5.69 Å². The number of anilines is 1. The third-order valence-corrected chi connectivity index (χ3v) is 9.33. The molecule has 0 unspecified atom stereocenters. The lowest BCUT2D eigenvalue weighted by Crippen LogP contribution is -2.35. The van der Waals surface area contributed by atoms with Gasteiger partial charge in [0.2, 0.25) is 11.8 Å². The molecule has 6 rings (SSSR count). The van der Waals surface area contributed by atoms with Crippen molar-refractivity contribution < 1.29 is 19.1 Å². The number of nitrogens with zero attached hydrogens (tertiary/aromatic N) is 4. The van der Waals surface area contributed by atoms with Gasteiger partial charge in [0, 0.05) is 87.1 Å². The normalized spacial score (nSPS) is 17.8. The third kappa shape index (κ3) is 7.65. The molecule has 2 aliphatic rings. The van der Waals surface area contributed by atoms with Gasteiger partial charge in [-0.3, -0.25) is 24.5 Å². The van der Waals surface area contributed by atoms with E-state index in [1.54, 1.807) is 32.7 Å². The summed E-state index contributed by atoms with van der Waals surface area (Å²) in [6.45, 7) is 5.80. The summed E-state index contributed by atoms with van der Waals surface area (Å²) in [4.78, 5) is 40.8. The fraction of sp³-hybridized carbons (Fsp3) is 0.361. The average Bonchev–Trinajstić information content (AvgIpc) is 3.74. The van der Waals surface area contributed by atoms with E-state index in [1.807, 2.05) is 49.4 Å². The number of rotatable bonds is 12. The smallest absolute Gasteiger partial charge is 0.274 e. The Balaban J connectivity index is 1.15. The molecule has 3 N–H and O–H groups in total. The molecule has 11 nitrogen and oxygen atoms in total. The zero-order chi connectivity index (χ0) is 33.6. The first kappa shape index (κ1) is 33.5. The van der Waals surface area contributed by atoms with Gasteiger partial charge in [-0.2, -0.15) is 0 Å². The number of nitrogens with one attached hydrogen (secondary N) is 3. The molecule has 0 spiro atoms. The van der Waals surface area contributed by atoms with Crippen LogP contribution in [0, 0.1) is 6.92 Å². The number of benzene rings is 1. The van der Waals surface area contributed by atoms with Gasteiger partial charge < -0.3 is 25.4 Å². The molecule has 2 aliphatic heterocycles. The van der Waals surface area contributed by atoms with Crippen molar-refractivity contribution >= 4 is 29.1 Å². The number of methoxy groups -OCH3 is 2. The summed E-state index contributed by atoms with van der Waals surface area (Å²) in [5.41, 5.74) is 6.46. The van der Waals surface area contributed by atoms with Gasteiger partial charge in [-0.05, 0) is 55.2 Å². The molecule has 2 atom stereocenters. The lowest BCUT2D eigenvalue weighted by Gasteiger charge is -2.16. The van der Waals surface area contributed by atoms with Crippen molar-refractivity contribution in [3.63, 3.8) is 0 Å². The number of carbonyl (C=O) groups excluding carboxylic acids is 2. The number of hydrogen-bond donors (Lipinski definition) is 3. The van der Waals surface area contributed by atoms with E-state index < -0.39 is 0 Å². The standard InChI is InChI=1S/C36H40ClN7O4/c1-22-27(5-4-6-29(22)42-35(46)31-10-7-23(17-40-31)20-44-16-14-26(21-44)47-2)34-33(37)28(13-15-39-34)30-11-8-24(36(43-30)48-3)18-38-19-25-9-12-32(45)41-25/h4-8,10-11,13,15,17,25-26,38H,9,12,14,16,18-21H2,1-3H3,(H,41,45)(H,42,46)/t25-,26-/m1/s1.